The molecular weight excluding hydrogens is 457 g/mol. The highest BCUT2D eigenvalue weighted by molar-refractivity contribution is 6.02. The van der Waals surface area contributed by atoms with E-state index in [1.54, 1.807) is 41.2 Å². The van der Waals surface area contributed by atoms with Crippen LogP contribution in [0.25, 0.3) is 0 Å². The number of carbonyl (C=O) groups excluding carboxylic acids is 1. The number of alkyl halides is 3. The third-order valence-electron chi connectivity index (χ3n) is 5.97. The number of halogens is 3. The summed E-state index contributed by atoms with van der Waals surface area (Å²) in [6, 6.07) is 17.5. The Balaban J connectivity index is 1.33. The first-order chi connectivity index (χ1) is 16.8. The van der Waals surface area contributed by atoms with Crippen LogP contribution in [0.3, 0.4) is 0 Å². The van der Waals surface area contributed by atoms with Gasteiger partial charge in [0.25, 0.3) is 5.91 Å². The molecule has 2 atom stereocenters. The first-order valence-corrected chi connectivity index (χ1v) is 11.1. The quantitative estimate of drug-likeness (QED) is 0.404. The average molecular weight is 480 g/mol. The van der Waals surface area contributed by atoms with Gasteiger partial charge in [0.2, 0.25) is 0 Å². The SMILES string of the molecule is Cc1ccc(Cn2ccc(NC(=O)c3cc4n(n3)[C@@H](C(F)(F)F)C[C@H](c3ccccc3)N4)n2)cc1. The lowest BCUT2D eigenvalue weighted by atomic mass is 9.97. The highest BCUT2D eigenvalue weighted by Gasteiger charge is 2.46. The average Bonchev–Trinajstić information content (AvgIpc) is 3.46. The molecule has 4 aromatic rings. The summed E-state index contributed by atoms with van der Waals surface area (Å²) in [7, 11) is 0. The number of nitrogens with zero attached hydrogens (tertiary/aromatic N) is 4. The van der Waals surface area contributed by atoms with Crippen LogP contribution in [-0.2, 0) is 6.54 Å². The van der Waals surface area contributed by atoms with Crippen molar-refractivity contribution in [3.05, 3.63) is 95.3 Å². The number of benzene rings is 2. The molecule has 2 aromatic heterocycles. The molecule has 1 aliphatic rings. The van der Waals surface area contributed by atoms with Gasteiger partial charge in [0, 0.05) is 24.8 Å². The molecule has 0 fully saturated rings. The Labute approximate surface area is 199 Å². The highest BCUT2D eigenvalue weighted by atomic mass is 19.4. The van der Waals surface area contributed by atoms with E-state index in [0.29, 0.717) is 6.54 Å². The van der Waals surface area contributed by atoms with E-state index in [4.69, 9.17) is 0 Å². The fourth-order valence-electron chi connectivity index (χ4n) is 4.17. The van der Waals surface area contributed by atoms with Gasteiger partial charge in [-0.15, -0.1) is 0 Å². The van der Waals surface area contributed by atoms with E-state index in [9.17, 15) is 18.0 Å². The summed E-state index contributed by atoms with van der Waals surface area (Å²) in [5, 5.41) is 14.0. The minimum atomic E-state index is -4.52. The number of rotatable bonds is 5. The summed E-state index contributed by atoms with van der Waals surface area (Å²) in [5.74, 6) is -0.204. The van der Waals surface area contributed by atoms with Gasteiger partial charge in [-0.1, -0.05) is 60.2 Å². The first-order valence-electron chi connectivity index (χ1n) is 11.1. The highest BCUT2D eigenvalue weighted by Crippen LogP contribution is 2.43. The van der Waals surface area contributed by atoms with Crippen LogP contribution >= 0.6 is 0 Å². The molecular formula is C25H23F3N6O. The monoisotopic (exact) mass is 480 g/mol. The Kier molecular flexibility index (Phi) is 5.80. The van der Waals surface area contributed by atoms with Gasteiger partial charge in [-0.25, -0.2) is 4.68 Å². The topological polar surface area (TPSA) is 76.8 Å². The van der Waals surface area contributed by atoms with E-state index >= 15 is 0 Å². The van der Waals surface area contributed by atoms with Crippen molar-refractivity contribution in [3.8, 4) is 0 Å². The standard InChI is InChI=1S/C25H23F3N6O/c1-16-7-9-17(10-8-16)15-33-12-11-22(32-33)30-24(35)20-14-23-29-19(18-5-3-2-4-6-18)13-21(25(26,27)28)34(23)31-20/h2-12,14,19,21,29H,13,15H2,1H3,(H,30,32,35)/t19-,21-/m1/s1. The first kappa shape index (κ1) is 22.7. The zero-order chi connectivity index (χ0) is 24.6. The molecule has 0 aliphatic carbocycles. The van der Waals surface area contributed by atoms with Gasteiger partial charge in [0.15, 0.2) is 17.6 Å². The molecule has 35 heavy (non-hydrogen) atoms. The van der Waals surface area contributed by atoms with Gasteiger partial charge in [0.1, 0.15) is 5.82 Å². The lowest BCUT2D eigenvalue weighted by Gasteiger charge is -2.33. The predicted octanol–water partition coefficient (Wildman–Crippen LogP) is 5.35. The Morgan fingerprint density at radius 1 is 1.09 bits per heavy atom. The van der Waals surface area contributed by atoms with E-state index in [2.05, 4.69) is 20.8 Å². The number of aromatic nitrogens is 4. The van der Waals surface area contributed by atoms with Crippen molar-refractivity contribution in [2.24, 2.45) is 0 Å². The molecule has 2 aromatic carbocycles. The minimum absolute atomic E-state index is 0.122. The van der Waals surface area contributed by atoms with Crippen molar-refractivity contribution in [3.63, 3.8) is 0 Å². The second-order valence-corrected chi connectivity index (χ2v) is 8.60. The summed E-state index contributed by atoms with van der Waals surface area (Å²) < 4.78 is 44.1. The number of fused-ring (bicyclic) bond motifs is 1. The minimum Gasteiger partial charge on any atom is -0.363 e. The predicted molar refractivity (Wildman–Crippen MR) is 125 cm³/mol. The van der Waals surface area contributed by atoms with Crippen LogP contribution in [0.15, 0.2) is 72.9 Å². The van der Waals surface area contributed by atoms with Crippen LogP contribution in [0.2, 0.25) is 0 Å². The van der Waals surface area contributed by atoms with Crippen molar-refractivity contribution in [1.82, 2.24) is 19.6 Å². The van der Waals surface area contributed by atoms with Gasteiger partial charge in [-0.2, -0.15) is 23.4 Å². The molecule has 0 spiro atoms. The van der Waals surface area contributed by atoms with E-state index in [-0.39, 0.29) is 23.8 Å². The smallest absolute Gasteiger partial charge is 0.363 e. The summed E-state index contributed by atoms with van der Waals surface area (Å²) >= 11 is 0. The molecule has 1 amide bonds. The van der Waals surface area contributed by atoms with E-state index in [1.807, 2.05) is 37.3 Å². The Morgan fingerprint density at radius 3 is 2.54 bits per heavy atom. The fraction of sp³-hybridized carbons (Fsp3) is 0.240. The number of carbonyl (C=O) groups is 1. The number of anilines is 2. The van der Waals surface area contributed by atoms with E-state index < -0.39 is 24.2 Å². The molecule has 3 heterocycles. The van der Waals surface area contributed by atoms with Crippen LogP contribution in [0, 0.1) is 6.92 Å². The summed E-state index contributed by atoms with van der Waals surface area (Å²) in [4.78, 5) is 12.8. The Bertz CT molecular complexity index is 1330. The third kappa shape index (κ3) is 4.91. The molecule has 180 valence electrons. The lowest BCUT2D eigenvalue weighted by Crippen LogP contribution is -2.35. The van der Waals surface area contributed by atoms with Gasteiger partial charge < -0.3 is 10.6 Å². The van der Waals surface area contributed by atoms with Crippen LogP contribution < -0.4 is 10.6 Å². The Hall–Kier alpha value is -4.08. The maximum atomic E-state index is 13.9. The van der Waals surface area contributed by atoms with Crippen LogP contribution in [-0.4, -0.2) is 31.6 Å². The molecule has 0 saturated carbocycles. The second kappa shape index (κ2) is 8.94. The van der Waals surface area contributed by atoms with E-state index in [1.165, 1.54) is 6.07 Å². The number of hydrogen-bond donors (Lipinski definition) is 2. The van der Waals surface area contributed by atoms with Crippen LogP contribution in [0.4, 0.5) is 24.8 Å². The van der Waals surface area contributed by atoms with Gasteiger partial charge >= 0.3 is 6.18 Å². The molecule has 2 N–H and O–H groups in total. The zero-order valence-electron chi connectivity index (χ0n) is 18.8. The summed E-state index contributed by atoms with van der Waals surface area (Å²) in [5.41, 5.74) is 2.82. The molecule has 1 aliphatic heterocycles. The number of aryl methyl sites for hydroxylation is 1. The van der Waals surface area contributed by atoms with Crippen LogP contribution in [0.1, 0.15) is 45.7 Å². The fourth-order valence-corrected chi connectivity index (χ4v) is 4.17. The van der Waals surface area contributed by atoms with Crippen molar-refractivity contribution in [1.29, 1.82) is 0 Å². The van der Waals surface area contributed by atoms with Crippen molar-refractivity contribution < 1.29 is 18.0 Å². The van der Waals surface area contributed by atoms with Crippen LogP contribution in [0.5, 0.6) is 0 Å². The molecule has 7 nitrogen and oxygen atoms in total. The molecule has 0 radical (unpaired) electrons. The maximum Gasteiger partial charge on any atom is 0.410 e. The van der Waals surface area contributed by atoms with E-state index in [0.717, 1.165) is 21.4 Å². The lowest BCUT2D eigenvalue weighted by molar-refractivity contribution is -0.173. The molecule has 0 bridgehead atoms. The van der Waals surface area contributed by atoms with Gasteiger partial charge in [0.05, 0.1) is 12.6 Å². The van der Waals surface area contributed by atoms with Crippen molar-refractivity contribution in [2.75, 3.05) is 10.6 Å². The molecule has 0 saturated heterocycles. The summed E-state index contributed by atoms with van der Waals surface area (Å²) in [6.07, 6.45) is -3.02. The van der Waals surface area contributed by atoms with Gasteiger partial charge in [-0.05, 0) is 18.1 Å². The number of amides is 1. The summed E-state index contributed by atoms with van der Waals surface area (Å²) in [6.45, 7) is 2.53. The third-order valence-corrected chi connectivity index (χ3v) is 5.97. The zero-order valence-corrected chi connectivity index (χ0v) is 18.8. The largest absolute Gasteiger partial charge is 0.410 e. The molecule has 5 rings (SSSR count). The van der Waals surface area contributed by atoms with Crippen molar-refractivity contribution >= 4 is 17.5 Å². The number of hydrogen-bond acceptors (Lipinski definition) is 4. The maximum absolute atomic E-state index is 13.9. The van der Waals surface area contributed by atoms with Gasteiger partial charge in [-0.3, -0.25) is 9.48 Å². The normalized spacial score (nSPS) is 17.5. The Morgan fingerprint density at radius 2 is 1.83 bits per heavy atom. The number of nitrogens with one attached hydrogen (secondary N) is 2. The molecule has 0 unspecified atom stereocenters. The van der Waals surface area contributed by atoms with Crippen molar-refractivity contribution in [2.45, 2.75) is 38.1 Å². The second-order valence-electron chi connectivity index (χ2n) is 8.60. The molecule has 10 heteroatoms.